The molecule has 6 nitrogen and oxygen atoms in total. The molecule has 0 N–H and O–H groups in total. The minimum absolute atomic E-state index is 0.672. The van der Waals surface area contributed by atoms with Crippen LogP contribution >= 0.6 is 0 Å². The second kappa shape index (κ2) is 4.69. The van der Waals surface area contributed by atoms with E-state index in [4.69, 9.17) is 4.42 Å². The smallest absolute Gasteiger partial charge is 0.297 e. The van der Waals surface area contributed by atoms with Gasteiger partial charge in [0.2, 0.25) is 0 Å². The van der Waals surface area contributed by atoms with Crippen molar-refractivity contribution in [2.75, 3.05) is 36.0 Å². The van der Waals surface area contributed by atoms with Crippen molar-refractivity contribution in [2.45, 2.75) is 18.8 Å². The Labute approximate surface area is 129 Å². The molecule has 2 aliphatic heterocycles. The second-order valence-corrected chi connectivity index (χ2v) is 6.72. The Balaban J connectivity index is 1.30. The molecule has 0 aromatic carbocycles. The standard InChI is InChI=1S/C16H19N5O/c1-2-11(1)14-5-15(19-10-18-14)20-6-12-8-21(9-13(12)7-20)16-17-3-4-22-16/h3-5,10-13H,1-2,6-9H2. The molecule has 3 fully saturated rings. The summed E-state index contributed by atoms with van der Waals surface area (Å²) in [6, 6.07) is 2.96. The van der Waals surface area contributed by atoms with Gasteiger partial charge in [-0.3, -0.25) is 0 Å². The van der Waals surface area contributed by atoms with E-state index in [1.807, 2.05) is 0 Å². The van der Waals surface area contributed by atoms with Gasteiger partial charge in [0.25, 0.3) is 6.01 Å². The zero-order chi connectivity index (χ0) is 14.5. The number of hydrogen-bond donors (Lipinski definition) is 0. The molecule has 0 spiro atoms. The predicted octanol–water partition coefficient (Wildman–Crippen LogP) is 1.91. The number of anilines is 2. The highest BCUT2D eigenvalue weighted by Gasteiger charge is 2.41. The van der Waals surface area contributed by atoms with Crippen molar-refractivity contribution in [3.63, 3.8) is 0 Å². The van der Waals surface area contributed by atoms with Gasteiger partial charge in [-0.05, 0) is 12.8 Å². The van der Waals surface area contributed by atoms with E-state index in [1.54, 1.807) is 18.8 Å². The molecule has 2 saturated heterocycles. The zero-order valence-electron chi connectivity index (χ0n) is 12.4. The van der Waals surface area contributed by atoms with Crippen LogP contribution < -0.4 is 9.80 Å². The molecule has 0 radical (unpaired) electrons. The maximum absolute atomic E-state index is 5.42. The van der Waals surface area contributed by atoms with E-state index in [1.165, 1.54) is 18.5 Å². The molecule has 2 aromatic rings. The molecule has 0 amide bonds. The van der Waals surface area contributed by atoms with Crippen LogP contribution in [0.25, 0.3) is 0 Å². The van der Waals surface area contributed by atoms with Crippen LogP contribution in [0.15, 0.2) is 29.3 Å². The van der Waals surface area contributed by atoms with E-state index in [2.05, 4.69) is 30.8 Å². The molecular weight excluding hydrogens is 278 g/mol. The third kappa shape index (κ3) is 2.05. The van der Waals surface area contributed by atoms with Crippen molar-refractivity contribution in [2.24, 2.45) is 11.8 Å². The van der Waals surface area contributed by atoms with Crippen LogP contribution in [0, 0.1) is 11.8 Å². The number of nitrogens with zero attached hydrogens (tertiary/aromatic N) is 5. The molecule has 5 rings (SSSR count). The fourth-order valence-electron chi connectivity index (χ4n) is 3.85. The number of rotatable bonds is 3. The van der Waals surface area contributed by atoms with Gasteiger partial charge in [0.05, 0.1) is 6.20 Å². The average molecular weight is 297 g/mol. The van der Waals surface area contributed by atoms with Gasteiger partial charge < -0.3 is 14.2 Å². The maximum atomic E-state index is 5.42. The summed E-state index contributed by atoms with van der Waals surface area (Å²) in [5, 5.41) is 0. The molecule has 0 bridgehead atoms. The molecule has 4 heterocycles. The van der Waals surface area contributed by atoms with Gasteiger partial charge in [-0.2, -0.15) is 0 Å². The first-order chi connectivity index (χ1) is 10.9. The van der Waals surface area contributed by atoms with Crippen molar-refractivity contribution < 1.29 is 4.42 Å². The highest BCUT2D eigenvalue weighted by molar-refractivity contribution is 5.43. The summed E-state index contributed by atoms with van der Waals surface area (Å²) in [4.78, 5) is 17.9. The van der Waals surface area contributed by atoms with Gasteiger partial charge in [0, 0.05) is 55.7 Å². The van der Waals surface area contributed by atoms with Crippen LogP contribution in [0.5, 0.6) is 0 Å². The van der Waals surface area contributed by atoms with E-state index < -0.39 is 0 Å². The number of aromatic nitrogens is 3. The summed E-state index contributed by atoms with van der Waals surface area (Å²) in [5.74, 6) is 3.14. The first kappa shape index (κ1) is 12.4. The Morgan fingerprint density at radius 1 is 0.955 bits per heavy atom. The topological polar surface area (TPSA) is 58.3 Å². The van der Waals surface area contributed by atoms with Crippen molar-refractivity contribution in [1.82, 2.24) is 15.0 Å². The third-order valence-electron chi connectivity index (χ3n) is 5.17. The summed E-state index contributed by atoms with van der Waals surface area (Å²) < 4.78 is 5.42. The average Bonchev–Trinajstić information content (AvgIpc) is 2.95. The molecule has 22 heavy (non-hydrogen) atoms. The first-order valence-corrected chi connectivity index (χ1v) is 8.08. The fourth-order valence-corrected chi connectivity index (χ4v) is 3.85. The lowest BCUT2D eigenvalue weighted by atomic mass is 10.0. The highest BCUT2D eigenvalue weighted by atomic mass is 16.4. The minimum atomic E-state index is 0.672. The summed E-state index contributed by atoms with van der Waals surface area (Å²) >= 11 is 0. The minimum Gasteiger partial charge on any atom is -0.432 e. The third-order valence-corrected chi connectivity index (χ3v) is 5.17. The molecule has 6 heteroatoms. The summed E-state index contributed by atoms with van der Waals surface area (Å²) in [6.45, 7) is 4.20. The van der Waals surface area contributed by atoms with Crippen molar-refractivity contribution in [3.05, 3.63) is 30.5 Å². The van der Waals surface area contributed by atoms with E-state index >= 15 is 0 Å². The molecule has 3 aliphatic rings. The Morgan fingerprint density at radius 2 is 1.73 bits per heavy atom. The van der Waals surface area contributed by atoms with Crippen molar-refractivity contribution in [1.29, 1.82) is 0 Å². The quantitative estimate of drug-likeness (QED) is 0.862. The number of fused-ring (bicyclic) bond motifs is 1. The second-order valence-electron chi connectivity index (χ2n) is 6.72. The van der Waals surface area contributed by atoms with E-state index in [9.17, 15) is 0 Å². The van der Waals surface area contributed by atoms with E-state index in [-0.39, 0.29) is 0 Å². The molecule has 2 atom stereocenters. The zero-order valence-corrected chi connectivity index (χ0v) is 12.4. The Hall–Kier alpha value is -2.11. The number of oxazole rings is 1. The number of hydrogen-bond acceptors (Lipinski definition) is 6. The monoisotopic (exact) mass is 297 g/mol. The Kier molecular flexibility index (Phi) is 2.65. The summed E-state index contributed by atoms with van der Waals surface area (Å²) in [5.41, 5.74) is 1.23. The Morgan fingerprint density at radius 3 is 2.41 bits per heavy atom. The lowest BCUT2D eigenvalue weighted by Crippen LogP contribution is -2.29. The van der Waals surface area contributed by atoms with E-state index in [0.29, 0.717) is 17.8 Å². The summed E-state index contributed by atoms with van der Waals surface area (Å²) in [6.07, 6.45) is 7.67. The van der Waals surface area contributed by atoms with Crippen molar-refractivity contribution >= 4 is 11.8 Å². The Bertz CT molecular complexity index is 655. The van der Waals surface area contributed by atoms with Gasteiger partial charge in [-0.15, -0.1) is 0 Å². The maximum Gasteiger partial charge on any atom is 0.297 e. The van der Waals surface area contributed by atoms with Crippen LogP contribution in [-0.2, 0) is 0 Å². The van der Waals surface area contributed by atoms with Gasteiger partial charge in [0.15, 0.2) is 0 Å². The fraction of sp³-hybridized carbons (Fsp3) is 0.562. The van der Waals surface area contributed by atoms with E-state index in [0.717, 1.165) is 38.0 Å². The molecule has 114 valence electrons. The lowest BCUT2D eigenvalue weighted by Gasteiger charge is -2.21. The van der Waals surface area contributed by atoms with Crippen LogP contribution in [-0.4, -0.2) is 41.1 Å². The summed E-state index contributed by atoms with van der Waals surface area (Å²) in [7, 11) is 0. The highest BCUT2D eigenvalue weighted by Crippen LogP contribution is 2.40. The van der Waals surface area contributed by atoms with Crippen molar-refractivity contribution in [3.8, 4) is 0 Å². The van der Waals surface area contributed by atoms with Gasteiger partial charge in [-0.1, -0.05) is 0 Å². The molecule has 1 aliphatic carbocycles. The van der Waals surface area contributed by atoms with Crippen LogP contribution in [0.1, 0.15) is 24.5 Å². The van der Waals surface area contributed by atoms with Gasteiger partial charge >= 0.3 is 0 Å². The molecule has 1 saturated carbocycles. The lowest BCUT2D eigenvalue weighted by molar-refractivity contribution is 0.533. The van der Waals surface area contributed by atoms with Crippen LogP contribution in [0.2, 0.25) is 0 Å². The largest absolute Gasteiger partial charge is 0.432 e. The van der Waals surface area contributed by atoms with Crippen LogP contribution in [0.4, 0.5) is 11.8 Å². The van der Waals surface area contributed by atoms with Gasteiger partial charge in [0.1, 0.15) is 18.4 Å². The molecular formula is C16H19N5O. The van der Waals surface area contributed by atoms with Crippen LogP contribution in [0.3, 0.4) is 0 Å². The predicted molar refractivity (Wildman–Crippen MR) is 81.9 cm³/mol. The van der Waals surface area contributed by atoms with Gasteiger partial charge in [-0.25, -0.2) is 15.0 Å². The SMILES string of the molecule is c1nc(C2CC2)cc(N2CC3CN(c4ncco4)CC3C2)n1. The molecule has 2 unspecified atom stereocenters. The normalized spacial score (nSPS) is 27.5. The first-order valence-electron chi connectivity index (χ1n) is 8.08. The molecule has 2 aromatic heterocycles.